The highest BCUT2D eigenvalue weighted by Crippen LogP contribution is 2.26. The van der Waals surface area contributed by atoms with Gasteiger partial charge in [-0.1, -0.05) is 11.6 Å². The summed E-state index contributed by atoms with van der Waals surface area (Å²) in [4.78, 5) is 0. The highest BCUT2D eigenvalue weighted by Gasteiger charge is 2.03. The average Bonchev–Trinajstić information content (AvgIpc) is 1.84. The highest BCUT2D eigenvalue weighted by atomic mass is 127. The molecule has 0 bridgehead atoms. The van der Waals surface area contributed by atoms with Crippen LogP contribution in [0, 0.1) is 9.39 Å². The fourth-order valence-corrected chi connectivity index (χ4v) is 1.33. The Morgan fingerprint density at radius 3 is 2.60 bits per heavy atom. The lowest BCUT2D eigenvalue weighted by molar-refractivity contribution is 0.468. The molecule has 0 aliphatic heterocycles. The Morgan fingerprint density at radius 2 is 2.10 bits per heavy atom. The predicted molar refractivity (Wildman–Crippen MR) is 45.8 cm³/mol. The number of halogens is 3. The Kier molecular flexibility index (Phi) is 2.36. The first-order valence-electron chi connectivity index (χ1n) is 2.45. The highest BCUT2D eigenvalue weighted by molar-refractivity contribution is 14.1. The maximum Gasteiger partial charge on any atom is 0.140 e. The molecule has 0 aliphatic rings. The summed E-state index contributed by atoms with van der Waals surface area (Å²) >= 11 is 7.26. The second kappa shape index (κ2) is 2.92. The van der Waals surface area contributed by atoms with Crippen molar-refractivity contribution in [1.29, 1.82) is 0 Å². The third-order valence-corrected chi connectivity index (χ3v) is 2.12. The first kappa shape index (κ1) is 8.07. The maximum absolute atomic E-state index is 12.5. The van der Waals surface area contributed by atoms with Crippen molar-refractivity contribution in [2.45, 2.75) is 0 Å². The largest absolute Gasteiger partial charge is 0.506 e. The first-order valence-corrected chi connectivity index (χ1v) is 3.90. The minimum atomic E-state index is -0.456. The van der Waals surface area contributed by atoms with Crippen molar-refractivity contribution in [1.82, 2.24) is 0 Å². The van der Waals surface area contributed by atoms with Gasteiger partial charge in [-0.15, -0.1) is 0 Å². The lowest BCUT2D eigenvalue weighted by Crippen LogP contribution is -1.80. The van der Waals surface area contributed by atoms with E-state index in [2.05, 4.69) is 0 Å². The van der Waals surface area contributed by atoms with Gasteiger partial charge in [-0.2, -0.15) is 0 Å². The van der Waals surface area contributed by atoms with Crippen molar-refractivity contribution in [3.05, 3.63) is 26.5 Å². The van der Waals surface area contributed by atoms with Gasteiger partial charge < -0.3 is 5.11 Å². The van der Waals surface area contributed by atoms with E-state index in [1.165, 1.54) is 6.07 Å². The Morgan fingerprint density at radius 1 is 1.50 bits per heavy atom. The molecule has 1 nitrogen and oxygen atoms in total. The minimum Gasteiger partial charge on any atom is -0.506 e. The van der Waals surface area contributed by atoms with Crippen molar-refractivity contribution in [3.8, 4) is 5.75 Å². The van der Waals surface area contributed by atoms with Crippen molar-refractivity contribution < 1.29 is 9.50 Å². The Hall–Kier alpha value is -0.0300. The van der Waals surface area contributed by atoms with Crippen molar-refractivity contribution >= 4 is 34.2 Å². The maximum atomic E-state index is 12.5. The molecule has 54 valence electrons. The van der Waals surface area contributed by atoms with E-state index in [4.69, 9.17) is 16.7 Å². The third-order valence-electron chi connectivity index (χ3n) is 0.990. The first-order chi connectivity index (χ1) is 4.61. The van der Waals surface area contributed by atoms with Crippen LogP contribution in [0.2, 0.25) is 5.02 Å². The molecule has 0 spiro atoms. The van der Waals surface area contributed by atoms with E-state index in [1.807, 2.05) is 0 Å². The molecule has 0 saturated carbocycles. The van der Waals surface area contributed by atoms with Crippen LogP contribution in [0.15, 0.2) is 12.1 Å². The van der Waals surface area contributed by atoms with Crippen LogP contribution in [-0.2, 0) is 0 Å². The van der Waals surface area contributed by atoms with Crippen LogP contribution >= 0.6 is 34.2 Å². The molecule has 0 heterocycles. The summed E-state index contributed by atoms with van der Waals surface area (Å²) in [7, 11) is 0. The fraction of sp³-hybridized carbons (Fsp3) is 0. The molecule has 0 fully saturated rings. The molecule has 1 N–H and O–H groups in total. The van der Waals surface area contributed by atoms with E-state index in [-0.39, 0.29) is 10.8 Å². The molecule has 0 radical (unpaired) electrons. The third kappa shape index (κ3) is 1.52. The van der Waals surface area contributed by atoms with E-state index in [0.29, 0.717) is 3.57 Å². The van der Waals surface area contributed by atoms with Gasteiger partial charge in [0.05, 0.1) is 8.59 Å². The summed E-state index contributed by atoms with van der Waals surface area (Å²) in [5, 5.41) is 9.02. The van der Waals surface area contributed by atoms with Crippen LogP contribution in [-0.4, -0.2) is 5.11 Å². The lowest BCUT2D eigenvalue weighted by Gasteiger charge is -1.97. The number of hydrogen-bond donors (Lipinski definition) is 1. The molecule has 0 atom stereocenters. The van der Waals surface area contributed by atoms with Gasteiger partial charge in [0, 0.05) is 6.07 Å². The average molecular weight is 272 g/mol. The quantitative estimate of drug-likeness (QED) is 0.569. The van der Waals surface area contributed by atoms with Crippen LogP contribution in [0.3, 0.4) is 0 Å². The van der Waals surface area contributed by atoms with Crippen LogP contribution < -0.4 is 0 Å². The van der Waals surface area contributed by atoms with Crippen LogP contribution in [0.1, 0.15) is 0 Å². The summed E-state index contributed by atoms with van der Waals surface area (Å²) in [5.74, 6) is -0.679. The molecule has 1 rings (SSSR count). The van der Waals surface area contributed by atoms with Crippen LogP contribution in [0.25, 0.3) is 0 Å². The molecular formula is C6H3ClFIO. The van der Waals surface area contributed by atoms with E-state index >= 15 is 0 Å². The van der Waals surface area contributed by atoms with Gasteiger partial charge >= 0.3 is 0 Å². The molecule has 0 saturated heterocycles. The van der Waals surface area contributed by atoms with Crippen molar-refractivity contribution in [2.24, 2.45) is 0 Å². The van der Waals surface area contributed by atoms with E-state index < -0.39 is 5.82 Å². The summed E-state index contributed by atoms with van der Waals surface area (Å²) in [6, 6.07) is 2.36. The standard InChI is InChI=1S/C6H3ClFIO/c7-3-1-5(9)4(8)2-6(3)10/h1-2,10H. The van der Waals surface area contributed by atoms with Gasteiger partial charge in [0.2, 0.25) is 0 Å². The molecule has 4 heteroatoms. The Bertz CT molecular complexity index is 214. The second-order valence-corrected chi connectivity index (χ2v) is 3.29. The molecule has 1 aromatic rings. The molecule has 0 amide bonds. The molecule has 10 heavy (non-hydrogen) atoms. The molecule has 0 unspecified atom stereocenters. The van der Waals surface area contributed by atoms with Gasteiger partial charge in [0.25, 0.3) is 0 Å². The molecule has 0 aliphatic carbocycles. The van der Waals surface area contributed by atoms with Gasteiger partial charge in [0.15, 0.2) is 0 Å². The fourth-order valence-electron chi connectivity index (χ4n) is 0.512. The summed E-state index contributed by atoms with van der Waals surface area (Å²) < 4.78 is 12.9. The van der Waals surface area contributed by atoms with E-state index in [0.717, 1.165) is 6.07 Å². The number of benzene rings is 1. The van der Waals surface area contributed by atoms with E-state index in [1.54, 1.807) is 22.6 Å². The summed E-state index contributed by atoms with van der Waals surface area (Å²) in [5.41, 5.74) is 0. The number of aromatic hydroxyl groups is 1. The SMILES string of the molecule is Oc1cc(F)c(I)cc1Cl. The van der Waals surface area contributed by atoms with Crippen LogP contribution in [0.5, 0.6) is 5.75 Å². The van der Waals surface area contributed by atoms with Gasteiger partial charge in [-0.25, -0.2) is 4.39 Å². The summed E-state index contributed by atoms with van der Waals surface area (Å²) in [6.45, 7) is 0. The predicted octanol–water partition coefficient (Wildman–Crippen LogP) is 2.79. The number of hydrogen-bond acceptors (Lipinski definition) is 1. The monoisotopic (exact) mass is 272 g/mol. The number of phenols is 1. The number of phenolic OH excluding ortho intramolecular Hbond substituents is 1. The summed E-state index contributed by atoms with van der Waals surface area (Å²) in [6.07, 6.45) is 0. The van der Waals surface area contributed by atoms with Gasteiger partial charge in [-0.05, 0) is 28.7 Å². The zero-order valence-electron chi connectivity index (χ0n) is 4.74. The Balaban J connectivity index is 3.28. The smallest absolute Gasteiger partial charge is 0.140 e. The Labute approximate surface area is 76.0 Å². The molecular weight excluding hydrogens is 269 g/mol. The van der Waals surface area contributed by atoms with E-state index in [9.17, 15) is 4.39 Å². The number of rotatable bonds is 0. The lowest BCUT2D eigenvalue weighted by atomic mass is 10.3. The normalized spacial score (nSPS) is 9.90. The van der Waals surface area contributed by atoms with Gasteiger partial charge in [0.1, 0.15) is 11.6 Å². The van der Waals surface area contributed by atoms with Gasteiger partial charge in [-0.3, -0.25) is 0 Å². The van der Waals surface area contributed by atoms with Crippen LogP contribution in [0.4, 0.5) is 4.39 Å². The van der Waals surface area contributed by atoms with Crippen molar-refractivity contribution in [2.75, 3.05) is 0 Å². The van der Waals surface area contributed by atoms with Crippen molar-refractivity contribution in [3.63, 3.8) is 0 Å². The topological polar surface area (TPSA) is 20.2 Å². The second-order valence-electron chi connectivity index (χ2n) is 1.72. The zero-order chi connectivity index (χ0) is 7.72. The zero-order valence-corrected chi connectivity index (χ0v) is 7.65. The molecule has 1 aromatic carbocycles. The minimum absolute atomic E-state index is 0.172. The molecule has 0 aromatic heterocycles.